The zero-order valence-corrected chi connectivity index (χ0v) is 10.0. The van der Waals surface area contributed by atoms with Crippen LogP contribution >= 0.6 is 0 Å². The fraction of sp³-hybridized carbons (Fsp3) is 0.417. The molecule has 2 rings (SSSR count). The molecule has 0 amide bonds. The molecule has 5 heteroatoms. The molecule has 0 bridgehead atoms. The van der Waals surface area contributed by atoms with Crippen LogP contribution in [0.4, 0.5) is 11.4 Å². The number of nitrogens with zero attached hydrogens (tertiary/aromatic N) is 3. The predicted molar refractivity (Wildman–Crippen MR) is 70.1 cm³/mol. The molecule has 0 saturated carbocycles. The first-order chi connectivity index (χ1) is 8.29. The maximum absolute atomic E-state index is 8.30. The number of nitrogens with one attached hydrogen (secondary N) is 1. The van der Waals surface area contributed by atoms with Gasteiger partial charge in [0, 0.05) is 37.6 Å². The van der Waals surface area contributed by atoms with E-state index >= 15 is 0 Å². The van der Waals surface area contributed by atoms with Gasteiger partial charge in [-0.15, -0.1) is 0 Å². The van der Waals surface area contributed by atoms with Crippen molar-refractivity contribution in [2.75, 3.05) is 43.4 Å². The van der Waals surface area contributed by atoms with Crippen molar-refractivity contribution in [3.8, 4) is 0 Å². The van der Waals surface area contributed by atoms with Crippen LogP contribution < -0.4 is 10.2 Å². The Labute approximate surface area is 101 Å². The van der Waals surface area contributed by atoms with Gasteiger partial charge in [-0.2, -0.15) is 0 Å². The highest BCUT2D eigenvalue weighted by Crippen LogP contribution is 2.18. The van der Waals surface area contributed by atoms with Crippen molar-refractivity contribution in [3.05, 3.63) is 24.3 Å². The fourth-order valence-corrected chi connectivity index (χ4v) is 1.94. The van der Waals surface area contributed by atoms with E-state index in [0.717, 1.165) is 31.9 Å². The molecule has 92 valence electrons. The molecule has 1 aliphatic rings. The Balaban J connectivity index is 1.97. The van der Waals surface area contributed by atoms with Crippen molar-refractivity contribution >= 4 is 17.7 Å². The van der Waals surface area contributed by atoms with Gasteiger partial charge in [0.1, 0.15) is 6.34 Å². The number of hydrogen-bond donors (Lipinski definition) is 2. The first kappa shape index (κ1) is 11.7. The van der Waals surface area contributed by atoms with Crippen LogP contribution in [0.3, 0.4) is 0 Å². The van der Waals surface area contributed by atoms with E-state index in [1.54, 1.807) is 0 Å². The van der Waals surface area contributed by atoms with E-state index in [2.05, 4.69) is 39.5 Å². The zero-order chi connectivity index (χ0) is 12.1. The molecule has 17 heavy (non-hydrogen) atoms. The Morgan fingerprint density at radius 3 is 2.41 bits per heavy atom. The SMILES string of the molecule is CN1CCN(c2ccc(N/C=N/O)cc2)CC1. The molecular formula is C12H18N4O. The summed E-state index contributed by atoms with van der Waals surface area (Å²) >= 11 is 0. The van der Waals surface area contributed by atoms with Gasteiger partial charge in [-0.3, -0.25) is 0 Å². The number of oxime groups is 1. The summed E-state index contributed by atoms with van der Waals surface area (Å²) in [5.41, 5.74) is 2.16. The van der Waals surface area contributed by atoms with E-state index in [4.69, 9.17) is 5.21 Å². The van der Waals surface area contributed by atoms with E-state index in [0.29, 0.717) is 0 Å². The van der Waals surface area contributed by atoms with Crippen molar-refractivity contribution in [1.82, 2.24) is 4.90 Å². The number of anilines is 2. The maximum atomic E-state index is 8.30. The lowest BCUT2D eigenvalue weighted by molar-refractivity contribution is 0.313. The lowest BCUT2D eigenvalue weighted by Crippen LogP contribution is -2.44. The number of rotatable bonds is 3. The van der Waals surface area contributed by atoms with Crippen molar-refractivity contribution in [3.63, 3.8) is 0 Å². The highest BCUT2D eigenvalue weighted by Gasteiger charge is 2.13. The van der Waals surface area contributed by atoms with Gasteiger partial charge in [0.25, 0.3) is 0 Å². The summed E-state index contributed by atoms with van der Waals surface area (Å²) in [5, 5.41) is 14.1. The molecule has 0 aliphatic carbocycles. The average Bonchev–Trinajstić information content (AvgIpc) is 2.38. The van der Waals surface area contributed by atoms with Gasteiger partial charge in [-0.1, -0.05) is 5.16 Å². The van der Waals surface area contributed by atoms with Gasteiger partial charge >= 0.3 is 0 Å². The molecule has 1 heterocycles. The van der Waals surface area contributed by atoms with Crippen LogP contribution in [0.25, 0.3) is 0 Å². The zero-order valence-electron chi connectivity index (χ0n) is 10.0. The highest BCUT2D eigenvalue weighted by molar-refractivity contribution is 5.75. The molecular weight excluding hydrogens is 216 g/mol. The standard InChI is InChI=1S/C12H18N4O/c1-15-6-8-16(9-7-15)12-4-2-11(3-5-12)13-10-14-17/h2-5,10,17H,6-9H2,1H3,(H,13,14). The molecule has 1 aromatic carbocycles. The van der Waals surface area contributed by atoms with E-state index in [9.17, 15) is 0 Å². The number of piperazine rings is 1. The van der Waals surface area contributed by atoms with Crippen molar-refractivity contribution in [1.29, 1.82) is 0 Å². The summed E-state index contributed by atoms with van der Waals surface area (Å²) in [5.74, 6) is 0. The minimum atomic E-state index is 0.917. The normalized spacial score (nSPS) is 17.6. The van der Waals surface area contributed by atoms with Crippen LogP contribution in [0.2, 0.25) is 0 Å². The first-order valence-corrected chi connectivity index (χ1v) is 5.75. The molecule has 1 saturated heterocycles. The third kappa shape index (κ3) is 3.10. The molecule has 2 N–H and O–H groups in total. The van der Waals surface area contributed by atoms with Gasteiger partial charge in [0.15, 0.2) is 0 Å². The van der Waals surface area contributed by atoms with Gasteiger partial charge in [0.2, 0.25) is 0 Å². The van der Waals surface area contributed by atoms with Gasteiger partial charge < -0.3 is 20.3 Å². The smallest absolute Gasteiger partial charge is 0.132 e. The second-order valence-electron chi connectivity index (χ2n) is 4.23. The minimum Gasteiger partial charge on any atom is -0.410 e. The third-order valence-corrected chi connectivity index (χ3v) is 3.02. The Bertz CT molecular complexity index is 369. The summed E-state index contributed by atoms with van der Waals surface area (Å²) in [7, 11) is 2.15. The first-order valence-electron chi connectivity index (χ1n) is 5.75. The fourth-order valence-electron chi connectivity index (χ4n) is 1.94. The van der Waals surface area contributed by atoms with E-state index in [1.807, 2.05) is 12.1 Å². The van der Waals surface area contributed by atoms with Gasteiger partial charge in [-0.05, 0) is 31.3 Å². The van der Waals surface area contributed by atoms with Gasteiger partial charge in [-0.25, -0.2) is 0 Å². The highest BCUT2D eigenvalue weighted by atomic mass is 16.4. The molecule has 0 radical (unpaired) electrons. The monoisotopic (exact) mass is 234 g/mol. The predicted octanol–water partition coefficient (Wildman–Crippen LogP) is 1.27. The summed E-state index contributed by atoms with van der Waals surface area (Å²) < 4.78 is 0. The summed E-state index contributed by atoms with van der Waals surface area (Å²) in [6.45, 7) is 4.36. The number of hydrogen-bond acceptors (Lipinski definition) is 4. The molecule has 1 aliphatic heterocycles. The van der Waals surface area contributed by atoms with Crippen molar-refractivity contribution < 1.29 is 5.21 Å². The topological polar surface area (TPSA) is 51.1 Å². The minimum absolute atomic E-state index is 0.917. The molecule has 1 fully saturated rings. The van der Waals surface area contributed by atoms with Crippen molar-refractivity contribution in [2.45, 2.75) is 0 Å². The van der Waals surface area contributed by atoms with Gasteiger partial charge in [0.05, 0.1) is 0 Å². The van der Waals surface area contributed by atoms with Crippen LogP contribution in [0.15, 0.2) is 29.4 Å². The molecule has 0 atom stereocenters. The Morgan fingerprint density at radius 2 is 1.82 bits per heavy atom. The molecule has 0 unspecified atom stereocenters. The van der Waals surface area contributed by atoms with E-state index in [-0.39, 0.29) is 0 Å². The number of benzene rings is 1. The summed E-state index contributed by atoms with van der Waals surface area (Å²) in [4.78, 5) is 4.72. The maximum Gasteiger partial charge on any atom is 0.132 e. The van der Waals surface area contributed by atoms with E-state index in [1.165, 1.54) is 12.0 Å². The molecule has 1 aromatic rings. The Kier molecular flexibility index (Phi) is 3.82. The lowest BCUT2D eigenvalue weighted by Gasteiger charge is -2.34. The summed E-state index contributed by atoms with van der Waals surface area (Å²) in [6, 6.07) is 8.13. The van der Waals surface area contributed by atoms with Crippen molar-refractivity contribution in [2.24, 2.45) is 5.16 Å². The molecule has 0 aromatic heterocycles. The van der Waals surface area contributed by atoms with Crippen LogP contribution in [0, 0.1) is 0 Å². The lowest BCUT2D eigenvalue weighted by atomic mass is 10.2. The number of likely N-dealkylation sites (N-methyl/N-ethyl adjacent to an activating group) is 1. The quantitative estimate of drug-likeness (QED) is 0.358. The Hall–Kier alpha value is -1.75. The second kappa shape index (κ2) is 5.54. The second-order valence-corrected chi connectivity index (χ2v) is 4.23. The Morgan fingerprint density at radius 1 is 1.18 bits per heavy atom. The van der Waals surface area contributed by atoms with E-state index < -0.39 is 0 Å². The van der Waals surface area contributed by atoms with Crippen LogP contribution in [0.1, 0.15) is 0 Å². The van der Waals surface area contributed by atoms with Crippen LogP contribution in [0.5, 0.6) is 0 Å². The summed E-state index contributed by atoms with van der Waals surface area (Å²) in [6.07, 6.45) is 1.25. The molecule has 5 nitrogen and oxygen atoms in total. The average molecular weight is 234 g/mol. The molecule has 0 spiro atoms. The van der Waals surface area contributed by atoms with Crippen LogP contribution in [-0.2, 0) is 0 Å². The van der Waals surface area contributed by atoms with Crippen LogP contribution in [-0.4, -0.2) is 49.7 Å². The largest absolute Gasteiger partial charge is 0.410 e. The third-order valence-electron chi connectivity index (χ3n) is 3.02.